The minimum atomic E-state index is -1.30. The largest absolute Gasteiger partial charge is 0.447 e. The summed E-state index contributed by atoms with van der Waals surface area (Å²) < 4.78 is 43.7. The number of hydrogen-bond donors (Lipinski definition) is 0. The predicted octanol–water partition coefficient (Wildman–Crippen LogP) is 5.32. The highest BCUT2D eigenvalue weighted by molar-refractivity contribution is 9.10. The Balaban J connectivity index is 1.60. The van der Waals surface area contributed by atoms with Crippen molar-refractivity contribution in [3.05, 3.63) is 69.7 Å². The van der Waals surface area contributed by atoms with Gasteiger partial charge in [0.15, 0.2) is 17.4 Å². The maximum atomic E-state index is 13.9. The molecule has 9 heteroatoms. The molecule has 2 amide bonds. The van der Waals surface area contributed by atoms with Crippen LogP contribution in [0.5, 0.6) is 0 Å². The van der Waals surface area contributed by atoms with Crippen LogP contribution in [0.1, 0.15) is 36.8 Å². The summed E-state index contributed by atoms with van der Waals surface area (Å²) in [7, 11) is 2.83. The van der Waals surface area contributed by atoms with Crippen LogP contribution in [0.2, 0.25) is 0 Å². The summed E-state index contributed by atoms with van der Waals surface area (Å²) in [6, 6.07) is 11.7. The van der Waals surface area contributed by atoms with E-state index < -0.39 is 23.5 Å². The van der Waals surface area contributed by atoms with E-state index in [1.165, 1.54) is 25.2 Å². The number of amides is 2. The summed E-state index contributed by atoms with van der Waals surface area (Å²) in [5.74, 6) is -3.63. The van der Waals surface area contributed by atoms with Gasteiger partial charge in [-0.3, -0.25) is 4.79 Å². The lowest BCUT2D eigenvalue weighted by atomic mass is 9.98. The van der Waals surface area contributed by atoms with Crippen molar-refractivity contribution in [1.29, 1.82) is 0 Å². The molecule has 0 unspecified atom stereocenters. The molecule has 2 aromatic carbocycles. The minimum Gasteiger partial charge on any atom is -0.447 e. The SMILES string of the molecule is COC(CCCCC(=O)N1C(=O)OC[C@H]1Cc1ccccc1)(OC)c1cc(F)c(F)c(Br)c1. The van der Waals surface area contributed by atoms with Gasteiger partial charge in [0.25, 0.3) is 0 Å². The number of cyclic esters (lactones) is 1. The van der Waals surface area contributed by atoms with Gasteiger partial charge in [0, 0.05) is 32.6 Å². The standard InChI is InChI=1S/C24H26BrF2NO5/c1-31-24(32-2,17-13-19(25)22(27)20(26)14-17)11-7-6-10-21(29)28-18(15-33-23(28)30)12-16-8-4-3-5-9-16/h3-5,8-9,13-14,18H,6-7,10-12,15H2,1-2H3/t18-/m1/s1. The second-order valence-electron chi connectivity index (χ2n) is 7.81. The molecule has 2 aromatic rings. The third-order valence-corrected chi connectivity index (χ3v) is 6.35. The van der Waals surface area contributed by atoms with Gasteiger partial charge in [-0.15, -0.1) is 0 Å². The highest BCUT2D eigenvalue weighted by Gasteiger charge is 2.38. The second kappa shape index (κ2) is 11.2. The molecule has 1 saturated heterocycles. The summed E-state index contributed by atoms with van der Waals surface area (Å²) in [6.45, 7) is 0.168. The smallest absolute Gasteiger partial charge is 0.416 e. The molecule has 0 N–H and O–H groups in total. The molecule has 3 rings (SSSR count). The van der Waals surface area contributed by atoms with Crippen molar-refractivity contribution in [2.24, 2.45) is 0 Å². The second-order valence-corrected chi connectivity index (χ2v) is 8.66. The molecule has 33 heavy (non-hydrogen) atoms. The number of carbonyl (C=O) groups is 2. The van der Waals surface area contributed by atoms with Gasteiger partial charge in [0.05, 0.1) is 10.5 Å². The zero-order valence-electron chi connectivity index (χ0n) is 18.5. The molecule has 178 valence electrons. The van der Waals surface area contributed by atoms with Crippen LogP contribution in [-0.4, -0.2) is 43.8 Å². The summed E-state index contributed by atoms with van der Waals surface area (Å²) in [5, 5.41) is 0. The monoisotopic (exact) mass is 525 g/mol. The average molecular weight is 526 g/mol. The van der Waals surface area contributed by atoms with Crippen molar-refractivity contribution >= 4 is 27.9 Å². The number of rotatable bonds is 10. The fourth-order valence-electron chi connectivity index (χ4n) is 4.00. The number of ether oxygens (including phenoxy) is 3. The predicted molar refractivity (Wildman–Crippen MR) is 120 cm³/mol. The van der Waals surface area contributed by atoms with E-state index in [0.29, 0.717) is 31.2 Å². The van der Waals surface area contributed by atoms with E-state index in [1.54, 1.807) is 0 Å². The molecule has 0 bridgehead atoms. The highest BCUT2D eigenvalue weighted by Crippen LogP contribution is 2.35. The summed E-state index contributed by atoms with van der Waals surface area (Å²) in [5.41, 5.74) is 1.33. The van der Waals surface area contributed by atoms with Crippen LogP contribution in [0.25, 0.3) is 0 Å². The van der Waals surface area contributed by atoms with E-state index in [-0.39, 0.29) is 29.4 Å². The summed E-state index contributed by atoms with van der Waals surface area (Å²) in [6.07, 6.45) is 1.25. The zero-order valence-corrected chi connectivity index (χ0v) is 20.1. The van der Waals surface area contributed by atoms with Crippen LogP contribution >= 0.6 is 15.9 Å². The molecule has 1 atom stereocenters. The number of halogens is 3. The van der Waals surface area contributed by atoms with Crippen molar-refractivity contribution in [3.8, 4) is 0 Å². The van der Waals surface area contributed by atoms with Crippen molar-refractivity contribution in [3.63, 3.8) is 0 Å². The fourth-order valence-corrected chi connectivity index (χ4v) is 4.44. The Morgan fingerprint density at radius 1 is 1.18 bits per heavy atom. The van der Waals surface area contributed by atoms with Gasteiger partial charge in [0.2, 0.25) is 5.91 Å². The maximum absolute atomic E-state index is 13.9. The number of imide groups is 1. The third-order valence-electron chi connectivity index (χ3n) is 5.77. The quantitative estimate of drug-likeness (QED) is 0.238. The molecule has 1 fully saturated rings. The van der Waals surface area contributed by atoms with Gasteiger partial charge in [-0.05, 0) is 52.9 Å². The molecule has 0 aromatic heterocycles. The van der Waals surface area contributed by atoms with Gasteiger partial charge in [0.1, 0.15) is 6.61 Å². The molecular weight excluding hydrogens is 500 g/mol. The average Bonchev–Trinajstić information content (AvgIpc) is 3.18. The van der Waals surface area contributed by atoms with Crippen LogP contribution < -0.4 is 0 Å². The number of carbonyl (C=O) groups excluding carboxylic acids is 2. The Hall–Kier alpha value is -2.36. The van der Waals surface area contributed by atoms with Crippen molar-refractivity contribution in [2.75, 3.05) is 20.8 Å². The van der Waals surface area contributed by atoms with Crippen molar-refractivity contribution in [1.82, 2.24) is 4.90 Å². The summed E-state index contributed by atoms with van der Waals surface area (Å²) in [4.78, 5) is 26.1. The van der Waals surface area contributed by atoms with Gasteiger partial charge >= 0.3 is 6.09 Å². The molecule has 1 heterocycles. The minimum absolute atomic E-state index is 0.0387. The molecule has 0 aliphatic carbocycles. The Kier molecular flexibility index (Phi) is 8.56. The van der Waals surface area contributed by atoms with E-state index in [4.69, 9.17) is 14.2 Å². The fraction of sp³-hybridized carbons (Fsp3) is 0.417. The number of unbranched alkanes of at least 4 members (excludes halogenated alkanes) is 1. The van der Waals surface area contributed by atoms with Crippen LogP contribution in [0.15, 0.2) is 46.9 Å². The van der Waals surface area contributed by atoms with Gasteiger partial charge in [-0.1, -0.05) is 30.3 Å². The lowest BCUT2D eigenvalue weighted by Crippen LogP contribution is -2.40. The lowest BCUT2D eigenvalue weighted by Gasteiger charge is -2.32. The van der Waals surface area contributed by atoms with Crippen molar-refractivity contribution < 1.29 is 32.6 Å². The van der Waals surface area contributed by atoms with E-state index in [9.17, 15) is 18.4 Å². The Bertz CT molecular complexity index is 961. The first-order chi connectivity index (χ1) is 15.8. The molecule has 0 radical (unpaired) electrons. The first-order valence-electron chi connectivity index (χ1n) is 10.6. The lowest BCUT2D eigenvalue weighted by molar-refractivity contribution is -0.221. The third kappa shape index (κ3) is 5.77. The Morgan fingerprint density at radius 3 is 2.52 bits per heavy atom. The Labute approximate surface area is 199 Å². The van der Waals surface area contributed by atoms with Gasteiger partial charge in [-0.25, -0.2) is 18.5 Å². The molecule has 1 aliphatic rings. The van der Waals surface area contributed by atoms with E-state index in [2.05, 4.69) is 15.9 Å². The first-order valence-corrected chi connectivity index (χ1v) is 11.4. The highest BCUT2D eigenvalue weighted by atomic mass is 79.9. The van der Waals surface area contributed by atoms with Crippen LogP contribution in [0, 0.1) is 11.6 Å². The van der Waals surface area contributed by atoms with E-state index >= 15 is 0 Å². The molecule has 0 saturated carbocycles. The normalized spacial score (nSPS) is 16.2. The number of methoxy groups -OCH3 is 2. The van der Waals surface area contributed by atoms with Crippen LogP contribution in [0.3, 0.4) is 0 Å². The maximum Gasteiger partial charge on any atom is 0.416 e. The molecule has 0 spiro atoms. The van der Waals surface area contributed by atoms with Gasteiger partial charge in [-0.2, -0.15) is 0 Å². The van der Waals surface area contributed by atoms with Crippen LogP contribution in [-0.2, 0) is 31.2 Å². The molecule has 1 aliphatic heterocycles. The first kappa shape index (κ1) is 25.3. The van der Waals surface area contributed by atoms with Gasteiger partial charge < -0.3 is 14.2 Å². The van der Waals surface area contributed by atoms with E-state index in [1.807, 2.05) is 30.3 Å². The van der Waals surface area contributed by atoms with E-state index in [0.717, 1.165) is 11.6 Å². The molecular formula is C24H26BrF2NO5. The molecule has 6 nitrogen and oxygen atoms in total. The number of benzene rings is 2. The summed E-state index contributed by atoms with van der Waals surface area (Å²) >= 11 is 3.00. The van der Waals surface area contributed by atoms with Crippen molar-refractivity contribution in [2.45, 2.75) is 43.9 Å². The number of hydrogen-bond acceptors (Lipinski definition) is 5. The topological polar surface area (TPSA) is 65.1 Å². The zero-order chi connectivity index (χ0) is 24.0. The Morgan fingerprint density at radius 2 is 1.88 bits per heavy atom. The number of nitrogens with zero attached hydrogens (tertiary/aromatic N) is 1. The van der Waals surface area contributed by atoms with Crippen LogP contribution in [0.4, 0.5) is 13.6 Å².